The van der Waals surface area contributed by atoms with Crippen molar-refractivity contribution in [1.29, 1.82) is 0 Å². The highest BCUT2D eigenvalue weighted by Crippen LogP contribution is 2.40. The number of amides is 2. The fourth-order valence-electron chi connectivity index (χ4n) is 2.69. The van der Waals surface area contributed by atoms with E-state index in [0.717, 1.165) is 31.4 Å². The third-order valence-corrected chi connectivity index (χ3v) is 4.09. The number of hydrogen-bond acceptors (Lipinski definition) is 5. The molecule has 25 heavy (non-hydrogen) atoms. The molecule has 2 amide bonds. The first-order valence-electron chi connectivity index (χ1n) is 9.00. The summed E-state index contributed by atoms with van der Waals surface area (Å²) in [7, 11) is 0. The number of hydrogen-bond donors (Lipinski definition) is 2. The molecule has 2 aliphatic rings. The summed E-state index contributed by atoms with van der Waals surface area (Å²) >= 11 is 0. The second-order valence-electron chi connectivity index (χ2n) is 7.73. The van der Waals surface area contributed by atoms with Crippen molar-refractivity contribution >= 4 is 12.0 Å². The van der Waals surface area contributed by atoms with Gasteiger partial charge in [0.25, 0.3) is 5.91 Å². The minimum Gasteiger partial charge on any atom is -0.444 e. The number of aromatic nitrogens is 1. The van der Waals surface area contributed by atoms with E-state index in [4.69, 9.17) is 15.0 Å². The molecule has 0 aliphatic heterocycles. The van der Waals surface area contributed by atoms with Gasteiger partial charge in [-0.2, -0.15) is 0 Å². The fourth-order valence-corrected chi connectivity index (χ4v) is 2.69. The molecular formula is C18H29N3O4. The average Bonchev–Trinajstić information content (AvgIpc) is 3.23. The third kappa shape index (κ3) is 7.15. The highest BCUT2D eigenvalue weighted by molar-refractivity contribution is 5.90. The van der Waals surface area contributed by atoms with E-state index >= 15 is 0 Å². The van der Waals surface area contributed by atoms with Gasteiger partial charge in [-0.05, 0) is 46.5 Å². The van der Waals surface area contributed by atoms with Crippen molar-refractivity contribution < 1.29 is 18.8 Å². The fraction of sp³-hybridized carbons (Fsp3) is 0.722. The van der Waals surface area contributed by atoms with Crippen LogP contribution in [0, 0.1) is 0 Å². The summed E-state index contributed by atoms with van der Waals surface area (Å²) in [4.78, 5) is 22.0. The number of alkyl carbamates (subject to hydrolysis) is 1. The summed E-state index contributed by atoms with van der Waals surface area (Å²) in [6.45, 7) is 5.65. The molecule has 0 radical (unpaired) electrons. The first-order chi connectivity index (χ1) is 11.7. The van der Waals surface area contributed by atoms with Crippen LogP contribution in [0.2, 0.25) is 0 Å². The van der Waals surface area contributed by atoms with Gasteiger partial charge in [0.15, 0.2) is 5.69 Å². The van der Waals surface area contributed by atoms with Gasteiger partial charge in [0.1, 0.15) is 11.4 Å². The van der Waals surface area contributed by atoms with Crippen molar-refractivity contribution in [2.24, 2.45) is 5.73 Å². The predicted octanol–water partition coefficient (Wildman–Crippen LogP) is 3.49. The van der Waals surface area contributed by atoms with Gasteiger partial charge in [-0.1, -0.05) is 24.4 Å². The molecule has 0 unspecified atom stereocenters. The Morgan fingerprint density at radius 1 is 1.20 bits per heavy atom. The largest absolute Gasteiger partial charge is 0.444 e. The van der Waals surface area contributed by atoms with E-state index < -0.39 is 11.5 Å². The minimum absolute atomic E-state index is 0.229. The van der Waals surface area contributed by atoms with Gasteiger partial charge in [-0.3, -0.25) is 4.79 Å². The van der Waals surface area contributed by atoms with Crippen molar-refractivity contribution in [3.63, 3.8) is 0 Å². The minimum atomic E-state index is -0.527. The maximum atomic E-state index is 11.4. The first-order valence-corrected chi connectivity index (χ1v) is 9.00. The van der Waals surface area contributed by atoms with E-state index in [1.807, 2.05) is 20.8 Å². The van der Waals surface area contributed by atoms with Gasteiger partial charge in [0.05, 0.1) is 0 Å². The zero-order valence-electron chi connectivity index (χ0n) is 15.3. The summed E-state index contributed by atoms with van der Waals surface area (Å²) in [5, 5.41) is 6.44. The number of ether oxygens (including phenoxy) is 1. The Morgan fingerprint density at radius 2 is 1.84 bits per heavy atom. The van der Waals surface area contributed by atoms with Gasteiger partial charge in [0.2, 0.25) is 0 Å². The molecule has 0 aromatic carbocycles. The normalized spacial score (nSPS) is 18.0. The molecule has 7 heteroatoms. The van der Waals surface area contributed by atoms with Crippen LogP contribution in [0.5, 0.6) is 0 Å². The van der Waals surface area contributed by atoms with E-state index in [1.54, 1.807) is 6.07 Å². The zero-order chi connectivity index (χ0) is 18.4. The maximum absolute atomic E-state index is 11.4. The Balaban J connectivity index is 0.000000185. The van der Waals surface area contributed by atoms with Gasteiger partial charge in [-0.15, -0.1) is 0 Å². The standard InChI is InChI=1S/C11H21NO2.C7H8N2O2/c1-11(2,3)14-10(13)12-9-7-5-4-6-8-9;8-7(10)5-3-6(11-9-5)4-1-2-4/h9H,4-8H2,1-3H3,(H,12,13);3-4H,1-2H2,(H2,8,10). The lowest BCUT2D eigenvalue weighted by atomic mass is 9.96. The first kappa shape index (κ1) is 19.3. The Labute approximate surface area is 148 Å². The molecule has 2 fully saturated rings. The lowest BCUT2D eigenvalue weighted by Gasteiger charge is -2.25. The van der Waals surface area contributed by atoms with E-state index in [-0.39, 0.29) is 11.8 Å². The van der Waals surface area contributed by atoms with Crippen molar-refractivity contribution in [1.82, 2.24) is 10.5 Å². The van der Waals surface area contributed by atoms with Crippen LogP contribution in [-0.2, 0) is 4.74 Å². The van der Waals surface area contributed by atoms with E-state index in [0.29, 0.717) is 12.0 Å². The average molecular weight is 351 g/mol. The molecule has 7 nitrogen and oxygen atoms in total. The van der Waals surface area contributed by atoms with Crippen molar-refractivity contribution in [3.05, 3.63) is 17.5 Å². The van der Waals surface area contributed by atoms with Gasteiger partial charge < -0.3 is 20.3 Å². The molecule has 3 rings (SSSR count). The molecule has 1 aromatic heterocycles. The Morgan fingerprint density at radius 3 is 2.32 bits per heavy atom. The highest BCUT2D eigenvalue weighted by atomic mass is 16.6. The molecule has 1 aromatic rings. The van der Waals surface area contributed by atoms with Crippen LogP contribution in [-0.4, -0.2) is 28.8 Å². The topological polar surface area (TPSA) is 107 Å². The Hall–Kier alpha value is -2.05. The SMILES string of the molecule is CC(C)(C)OC(=O)NC1CCCCC1.NC(=O)c1cc(C2CC2)on1. The van der Waals surface area contributed by atoms with Gasteiger partial charge in [-0.25, -0.2) is 4.79 Å². The second kappa shape index (κ2) is 8.36. The summed E-state index contributed by atoms with van der Waals surface area (Å²) in [5.74, 6) is 0.745. The molecule has 2 aliphatic carbocycles. The summed E-state index contributed by atoms with van der Waals surface area (Å²) in [6, 6.07) is 1.96. The molecule has 0 bridgehead atoms. The molecule has 3 N–H and O–H groups in total. The predicted molar refractivity (Wildman–Crippen MR) is 93.2 cm³/mol. The van der Waals surface area contributed by atoms with E-state index in [9.17, 15) is 9.59 Å². The maximum Gasteiger partial charge on any atom is 0.407 e. The quantitative estimate of drug-likeness (QED) is 0.866. The number of carbonyl (C=O) groups excluding carboxylic acids is 2. The monoisotopic (exact) mass is 351 g/mol. The van der Waals surface area contributed by atoms with Crippen LogP contribution in [0.3, 0.4) is 0 Å². The second-order valence-corrected chi connectivity index (χ2v) is 7.73. The van der Waals surface area contributed by atoms with Gasteiger partial charge in [0, 0.05) is 18.0 Å². The lowest BCUT2D eigenvalue weighted by Crippen LogP contribution is -2.39. The number of nitrogens with two attached hydrogens (primary N) is 1. The Bertz CT molecular complexity index is 581. The van der Waals surface area contributed by atoms with Crippen LogP contribution in [0.4, 0.5) is 4.79 Å². The van der Waals surface area contributed by atoms with Crippen LogP contribution < -0.4 is 11.1 Å². The summed E-state index contributed by atoms with van der Waals surface area (Å²) in [6.07, 6.45) is 7.93. The lowest BCUT2D eigenvalue weighted by molar-refractivity contribution is 0.0493. The van der Waals surface area contributed by atoms with Crippen molar-refractivity contribution in [2.45, 2.75) is 83.3 Å². The van der Waals surface area contributed by atoms with Crippen molar-refractivity contribution in [2.75, 3.05) is 0 Å². The number of carbonyl (C=O) groups is 2. The van der Waals surface area contributed by atoms with Crippen LogP contribution in [0.15, 0.2) is 10.6 Å². The molecule has 0 atom stereocenters. The molecule has 140 valence electrons. The van der Waals surface area contributed by atoms with Crippen LogP contribution in [0.1, 0.15) is 87.9 Å². The smallest absolute Gasteiger partial charge is 0.407 e. The van der Waals surface area contributed by atoms with E-state index in [2.05, 4.69) is 10.5 Å². The molecule has 2 saturated carbocycles. The number of nitrogens with zero attached hydrogens (tertiary/aromatic N) is 1. The highest BCUT2D eigenvalue weighted by Gasteiger charge is 2.28. The summed E-state index contributed by atoms with van der Waals surface area (Å²) < 4.78 is 10.1. The number of nitrogens with one attached hydrogen (secondary N) is 1. The zero-order valence-corrected chi connectivity index (χ0v) is 15.3. The number of rotatable bonds is 3. The summed E-state index contributed by atoms with van der Waals surface area (Å²) in [5.41, 5.74) is 4.82. The number of primary amides is 1. The van der Waals surface area contributed by atoms with Crippen LogP contribution in [0.25, 0.3) is 0 Å². The molecule has 0 spiro atoms. The molecular weight excluding hydrogens is 322 g/mol. The molecule has 0 saturated heterocycles. The van der Waals surface area contributed by atoms with Crippen LogP contribution >= 0.6 is 0 Å². The third-order valence-electron chi connectivity index (χ3n) is 4.09. The van der Waals surface area contributed by atoms with Gasteiger partial charge >= 0.3 is 6.09 Å². The molecule has 1 heterocycles. The Kier molecular flexibility index (Phi) is 6.45. The van der Waals surface area contributed by atoms with Crippen molar-refractivity contribution in [3.8, 4) is 0 Å². The van der Waals surface area contributed by atoms with E-state index in [1.165, 1.54) is 19.3 Å².